The molecule has 3 nitrogen and oxygen atoms in total. The Hall–Kier alpha value is -1.18. The van der Waals surface area contributed by atoms with Gasteiger partial charge in [-0.3, -0.25) is 0 Å². The van der Waals surface area contributed by atoms with E-state index in [9.17, 15) is 4.39 Å². The predicted octanol–water partition coefficient (Wildman–Crippen LogP) is 3.96. The molecule has 0 amide bonds. The van der Waals surface area contributed by atoms with E-state index in [0.717, 1.165) is 9.32 Å². The van der Waals surface area contributed by atoms with Gasteiger partial charge < -0.3 is 14.8 Å². The molecule has 0 spiro atoms. The van der Waals surface area contributed by atoms with Gasteiger partial charge >= 0.3 is 0 Å². The van der Waals surface area contributed by atoms with Gasteiger partial charge in [-0.2, -0.15) is 0 Å². The zero-order valence-corrected chi connectivity index (χ0v) is 13.9. The van der Waals surface area contributed by atoms with E-state index in [1.807, 2.05) is 24.3 Å². The summed E-state index contributed by atoms with van der Waals surface area (Å²) in [7, 11) is 1.64. The van der Waals surface area contributed by atoms with Crippen molar-refractivity contribution in [3.8, 4) is 11.5 Å². The molecule has 0 unspecified atom stereocenters. The molecule has 2 aromatic carbocycles. The number of ether oxygens (including phenoxy) is 2. The monoisotopic (exact) mass is 401 g/mol. The number of rotatable bonds is 7. The Bertz CT molecular complexity index is 592. The number of hydrogen-bond donors (Lipinski definition) is 1. The molecular formula is C16H17FINO2. The second-order valence-electron chi connectivity index (χ2n) is 4.42. The van der Waals surface area contributed by atoms with E-state index in [4.69, 9.17) is 9.47 Å². The van der Waals surface area contributed by atoms with E-state index in [1.54, 1.807) is 19.2 Å². The fourth-order valence-electron chi connectivity index (χ4n) is 1.84. The van der Waals surface area contributed by atoms with Crippen LogP contribution in [0.15, 0.2) is 42.5 Å². The minimum Gasteiger partial charge on any atom is -0.456 e. The quantitative estimate of drug-likeness (QED) is 0.563. The van der Waals surface area contributed by atoms with E-state index in [2.05, 4.69) is 27.9 Å². The summed E-state index contributed by atoms with van der Waals surface area (Å²) in [6.45, 7) is 1.64. The molecule has 112 valence electrons. The Morgan fingerprint density at radius 2 is 1.86 bits per heavy atom. The average molecular weight is 401 g/mol. The lowest BCUT2D eigenvalue weighted by molar-refractivity contribution is 0.199. The zero-order chi connectivity index (χ0) is 15.1. The van der Waals surface area contributed by atoms with Gasteiger partial charge in [0.2, 0.25) is 0 Å². The molecule has 0 saturated heterocycles. The maximum atomic E-state index is 14.0. The van der Waals surface area contributed by atoms with Crippen LogP contribution in [0.2, 0.25) is 0 Å². The maximum absolute atomic E-state index is 14.0. The topological polar surface area (TPSA) is 30.5 Å². The summed E-state index contributed by atoms with van der Waals surface area (Å²) in [5.41, 5.74) is 0.522. The van der Waals surface area contributed by atoms with E-state index in [1.165, 1.54) is 6.07 Å². The van der Waals surface area contributed by atoms with Gasteiger partial charge in [0.15, 0.2) is 0 Å². The molecule has 2 rings (SSSR count). The van der Waals surface area contributed by atoms with Crippen molar-refractivity contribution in [1.29, 1.82) is 0 Å². The highest BCUT2D eigenvalue weighted by Crippen LogP contribution is 2.30. The summed E-state index contributed by atoms with van der Waals surface area (Å²) in [6, 6.07) is 12.5. The summed E-state index contributed by atoms with van der Waals surface area (Å²) in [4.78, 5) is 0. The van der Waals surface area contributed by atoms with Gasteiger partial charge in [0.1, 0.15) is 17.3 Å². The lowest BCUT2D eigenvalue weighted by atomic mass is 10.2. The molecule has 0 saturated carbocycles. The van der Waals surface area contributed by atoms with Crippen LogP contribution in [-0.2, 0) is 11.3 Å². The number of halogens is 2. The first-order valence-corrected chi connectivity index (χ1v) is 7.69. The van der Waals surface area contributed by atoms with Crippen LogP contribution in [0.5, 0.6) is 11.5 Å². The van der Waals surface area contributed by atoms with Gasteiger partial charge in [-0.15, -0.1) is 0 Å². The lowest BCUT2D eigenvalue weighted by Crippen LogP contribution is -2.19. The normalized spacial score (nSPS) is 10.6. The average Bonchev–Trinajstić information content (AvgIpc) is 2.48. The standard InChI is InChI=1S/C16H17FINO2/c1-20-10-9-19-11-12-13(17)5-4-8-15(12)21-16-7-3-2-6-14(16)18/h2-8,19H,9-11H2,1H3. The van der Waals surface area contributed by atoms with Crippen molar-refractivity contribution >= 4 is 22.6 Å². The lowest BCUT2D eigenvalue weighted by Gasteiger charge is -2.13. The first-order valence-electron chi connectivity index (χ1n) is 6.62. The fourth-order valence-corrected chi connectivity index (χ4v) is 2.34. The van der Waals surface area contributed by atoms with E-state index in [-0.39, 0.29) is 5.82 Å². The minimum absolute atomic E-state index is 0.275. The van der Waals surface area contributed by atoms with Crippen LogP contribution in [0.3, 0.4) is 0 Å². The SMILES string of the molecule is COCCNCc1c(F)cccc1Oc1ccccc1I. The summed E-state index contributed by atoms with van der Waals surface area (Å²) < 4.78 is 25.8. The molecule has 0 fully saturated rings. The van der Waals surface area contributed by atoms with Crippen LogP contribution in [-0.4, -0.2) is 20.3 Å². The summed E-state index contributed by atoms with van der Waals surface area (Å²) in [6.07, 6.45) is 0. The molecule has 0 aliphatic heterocycles. The third-order valence-corrected chi connectivity index (χ3v) is 3.81. The Labute approximate surface area is 137 Å². The molecule has 2 aromatic rings. The predicted molar refractivity (Wildman–Crippen MR) is 89.2 cm³/mol. The molecule has 0 bridgehead atoms. The first-order chi connectivity index (χ1) is 10.2. The molecular weight excluding hydrogens is 384 g/mol. The van der Waals surface area contributed by atoms with Gasteiger partial charge in [-0.05, 0) is 46.9 Å². The highest BCUT2D eigenvalue weighted by Gasteiger charge is 2.11. The second-order valence-corrected chi connectivity index (χ2v) is 5.58. The molecule has 0 atom stereocenters. The van der Waals surface area contributed by atoms with E-state index >= 15 is 0 Å². The Balaban J connectivity index is 2.15. The highest BCUT2D eigenvalue weighted by molar-refractivity contribution is 14.1. The molecule has 0 heterocycles. The smallest absolute Gasteiger partial charge is 0.140 e. The number of hydrogen-bond acceptors (Lipinski definition) is 3. The molecule has 5 heteroatoms. The van der Waals surface area contributed by atoms with Crippen LogP contribution in [0, 0.1) is 9.39 Å². The van der Waals surface area contributed by atoms with Crippen LogP contribution in [0.25, 0.3) is 0 Å². The van der Waals surface area contributed by atoms with Crippen molar-refractivity contribution in [3.05, 3.63) is 57.4 Å². The van der Waals surface area contributed by atoms with Gasteiger partial charge in [0, 0.05) is 25.8 Å². The van der Waals surface area contributed by atoms with Crippen molar-refractivity contribution in [1.82, 2.24) is 5.32 Å². The van der Waals surface area contributed by atoms with Crippen molar-refractivity contribution in [3.63, 3.8) is 0 Å². The van der Waals surface area contributed by atoms with Gasteiger partial charge in [0.05, 0.1) is 10.2 Å². The first kappa shape index (κ1) is 16.2. The van der Waals surface area contributed by atoms with Crippen LogP contribution in [0.1, 0.15) is 5.56 Å². The summed E-state index contributed by atoms with van der Waals surface area (Å²) in [5, 5.41) is 3.14. The Kier molecular flexibility index (Phi) is 6.41. The number of benzene rings is 2. The molecule has 21 heavy (non-hydrogen) atoms. The maximum Gasteiger partial charge on any atom is 0.140 e. The van der Waals surface area contributed by atoms with Crippen molar-refractivity contribution < 1.29 is 13.9 Å². The molecule has 0 aromatic heterocycles. The summed E-state index contributed by atoms with van der Waals surface area (Å²) in [5.74, 6) is 0.981. The third kappa shape index (κ3) is 4.66. The van der Waals surface area contributed by atoms with Crippen LogP contribution >= 0.6 is 22.6 Å². The summed E-state index contributed by atoms with van der Waals surface area (Å²) >= 11 is 2.20. The minimum atomic E-state index is -0.275. The Morgan fingerprint density at radius 1 is 1.10 bits per heavy atom. The van der Waals surface area contributed by atoms with Gasteiger partial charge in [-0.25, -0.2) is 4.39 Å². The number of methoxy groups -OCH3 is 1. The highest BCUT2D eigenvalue weighted by atomic mass is 127. The van der Waals surface area contributed by atoms with Crippen LogP contribution in [0.4, 0.5) is 4.39 Å². The van der Waals surface area contributed by atoms with Gasteiger partial charge in [0.25, 0.3) is 0 Å². The third-order valence-electron chi connectivity index (χ3n) is 2.92. The second kappa shape index (κ2) is 8.31. The Morgan fingerprint density at radius 3 is 2.62 bits per heavy atom. The molecule has 0 aliphatic carbocycles. The van der Waals surface area contributed by atoms with Crippen LogP contribution < -0.4 is 10.1 Å². The molecule has 0 aliphatic rings. The van der Waals surface area contributed by atoms with E-state index < -0.39 is 0 Å². The molecule has 1 N–H and O–H groups in total. The zero-order valence-electron chi connectivity index (χ0n) is 11.7. The van der Waals surface area contributed by atoms with Crippen molar-refractivity contribution in [2.45, 2.75) is 6.54 Å². The van der Waals surface area contributed by atoms with Crippen molar-refractivity contribution in [2.24, 2.45) is 0 Å². The largest absolute Gasteiger partial charge is 0.456 e. The van der Waals surface area contributed by atoms with Gasteiger partial charge in [-0.1, -0.05) is 18.2 Å². The number of nitrogens with one attached hydrogen (secondary N) is 1. The van der Waals surface area contributed by atoms with Crippen molar-refractivity contribution in [2.75, 3.05) is 20.3 Å². The number of para-hydroxylation sites is 1. The van der Waals surface area contributed by atoms with E-state index in [0.29, 0.717) is 31.0 Å². The fraction of sp³-hybridized carbons (Fsp3) is 0.250. The molecule has 0 radical (unpaired) electrons.